The van der Waals surface area contributed by atoms with E-state index < -0.39 is 5.97 Å². The predicted octanol–water partition coefficient (Wildman–Crippen LogP) is 5.19. The number of hydrogen-bond donors (Lipinski definition) is 1. The van der Waals surface area contributed by atoms with Crippen LogP contribution in [-0.4, -0.2) is 33.2 Å². The molecule has 1 amide bonds. The van der Waals surface area contributed by atoms with Crippen LogP contribution in [0.15, 0.2) is 97.3 Å². The van der Waals surface area contributed by atoms with Crippen molar-refractivity contribution >= 4 is 22.6 Å². The van der Waals surface area contributed by atoms with Crippen molar-refractivity contribution in [3.05, 3.63) is 114 Å². The molecule has 1 N–H and O–H groups in total. The number of amides is 1. The Kier molecular flexibility index (Phi) is 6.53. The topological polar surface area (TPSA) is 86.1 Å². The summed E-state index contributed by atoms with van der Waals surface area (Å²) in [6.07, 6.45) is 3.39. The number of pyridine rings is 1. The Balaban J connectivity index is 1.46. The summed E-state index contributed by atoms with van der Waals surface area (Å²) in [5.74, 6) is -0.661. The van der Waals surface area contributed by atoms with Gasteiger partial charge in [0.15, 0.2) is 5.69 Å². The lowest BCUT2D eigenvalue weighted by Crippen LogP contribution is -2.22. The third-order valence-electron chi connectivity index (χ3n) is 5.82. The van der Waals surface area contributed by atoms with Gasteiger partial charge in [0.2, 0.25) is 0 Å². The van der Waals surface area contributed by atoms with Gasteiger partial charge in [-0.2, -0.15) is 5.10 Å². The number of benzene rings is 3. The zero-order valence-electron chi connectivity index (χ0n) is 19.7. The Morgan fingerprint density at radius 3 is 2.39 bits per heavy atom. The van der Waals surface area contributed by atoms with Gasteiger partial charge in [-0.3, -0.25) is 9.78 Å². The first-order valence-electron chi connectivity index (χ1n) is 11.7. The fourth-order valence-electron chi connectivity index (χ4n) is 3.98. The second-order valence-electron chi connectivity index (χ2n) is 8.19. The van der Waals surface area contributed by atoms with Gasteiger partial charge in [0.25, 0.3) is 5.91 Å². The van der Waals surface area contributed by atoms with Gasteiger partial charge in [-0.05, 0) is 71.8 Å². The highest BCUT2D eigenvalue weighted by Gasteiger charge is 2.18. The van der Waals surface area contributed by atoms with Crippen molar-refractivity contribution in [1.29, 1.82) is 0 Å². The van der Waals surface area contributed by atoms with E-state index in [-0.39, 0.29) is 18.2 Å². The van der Waals surface area contributed by atoms with Crippen LogP contribution < -0.4 is 5.32 Å². The molecule has 0 saturated carbocycles. The molecule has 0 atom stereocenters. The van der Waals surface area contributed by atoms with Crippen molar-refractivity contribution < 1.29 is 14.3 Å². The molecule has 7 heteroatoms. The minimum absolute atomic E-state index is 0.180. The van der Waals surface area contributed by atoms with Crippen LogP contribution in [0.5, 0.6) is 0 Å². The van der Waals surface area contributed by atoms with Gasteiger partial charge in [-0.15, -0.1) is 0 Å². The van der Waals surface area contributed by atoms with Crippen molar-refractivity contribution in [2.45, 2.75) is 13.5 Å². The highest BCUT2D eigenvalue weighted by molar-refractivity contribution is 5.94. The maximum Gasteiger partial charge on any atom is 0.358 e. The largest absolute Gasteiger partial charge is 0.461 e. The molecule has 0 aliphatic rings. The first-order chi connectivity index (χ1) is 17.6. The molecule has 0 spiro atoms. The number of aromatic nitrogens is 3. The number of hydrogen-bond acceptors (Lipinski definition) is 5. The van der Waals surface area contributed by atoms with Crippen molar-refractivity contribution in [3.8, 4) is 16.9 Å². The second kappa shape index (κ2) is 10.2. The number of nitrogens with one attached hydrogen (secondary N) is 1. The number of nitrogens with zero attached hydrogens (tertiary/aromatic N) is 3. The molecule has 36 heavy (non-hydrogen) atoms. The van der Waals surface area contributed by atoms with E-state index in [1.165, 1.54) is 0 Å². The molecular formula is C29H24N4O3. The van der Waals surface area contributed by atoms with E-state index in [2.05, 4.69) is 27.5 Å². The van der Waals surface area contributed by atoms with Gasteiger partial charge >= 0.3 is 5.97 Å². The van der Waals surface area contributed by atoms with E-state index in [0.717, 1.165) is 33.3 Å². The maximum absolute atomic E-state index is 12.6. The van der Waals surface area contributed by atoms with Gasteiger partial charge in [-0.25, -0.2) is 9.48 Å². The Morgan fingerprint density at radius 1 is 0.889 bits per heavy atom. The summed E-state index contributed by atoms with van der Waals surface area (Å²) in [7, 11) is 0. The Hall–Kier alpha value is -4.78. The van der Waals surface area contributed by atoms with E-state index in [0.29, 0.717) is 12.1 Å². The highest BCUT2D eigenvalue weighted by atomic mass is 16.5. The first-order valence-corrected chi connectivity index (χ1v) is 11.7. The van der Waals surface area contributed by atoms with Gasteiger partial charge < -0.3 is 10.1 Å². The molecule has 0 aliphatic carbocycles. The third kappa shape index (κ3) is 4.86. The van der Waals surface area contributed by atoms with E-state index in [9.17, 15) is 9.59 Å². The molecular weight excluding hydrogens is 452 g/mol. The van der Waals surface area contributed by atoms with Crippen LogP contribution in [0.1, 0.15) is 33.3 Å². The van der Waals surface area contributed by atoms with Crippen molar-refractivity contribution in [3.63, 3.8) is 0 Å². The van der Waals surface area contributed by atoms with Crippen molar-refractivity contribution in [2.75, 3.05) is 6.61 Å². The van der Waals surface area contributed by atoms with Crippen LogP contribution in [0.4, 0.5) is 0 Å². The lowest BCUT2D eigenvalue weighted by molar-refractivity contribution is 0.0518. The van der Waals surface area contributed by atoms with E-state index in [4.69, 9.17) is 4.74 Å². The summed E-state index contributed by atoms with van der Waals surface area (Å²) < 4.78 is 6.88. The fourth-order valence-corrected chi connectivity index (χ4v) is 3.98. The molecule has 0 fully saturated rings. The van der Waals surface area contributed by atoms with Crippen LogP contribution in [0.3, 0.4) is 0 Å². The fraction of sp³-hybridized carbons (Fsp3) is 0.103. The molecule has 0 radical (unpaired) electrons. The first kappa shape index (κ1) is 23.0. The van der Waals surface area contributed by atoms with Crippen LogP contribution in [-0.2, 0) is 11.3 Å². The lowest BCUT2D eigenvalue weighted by atomic mass is 10.0. The highest BCUT2D eigenvalue weighted by Crippen LogP contribution is 2.28. The van der Waals surface area contributed by atoms with Gasteiger partial charge in [0.05, 0.1) is 18.0 Å². The number of rotatable bonds is 7. The van der Waals surface area contributed by atoms with Crippen LogP contribution in [0.2, 0.25) is 0 Å². The molecule has 178 valence electrons. The zero-order valence-corrected chi connectivity index (χ0v) is 19.7. The third-order valence-corrected chi connectivity index (χ3v) is 5.82. The SMILES string of the molecule is CCOC(=O)c1cc(-c2ccc3ccccc3c2)n(-c2ccc(C(=O)NCc3ccncc3)cc2)n1. The summed E-state index contributed by atoms with van der Waals surface area (Å²) in [4.78, 5) is 29.1. The number of esters is 1. The summed E-state index contributed by atoms with van der Waals surface area (Å²) in [6.45, 7) is 2.44. The number of fused-ring (bicyclic) bond motifs is 1. The normalized spacial score (nSPS) is 10.8. The zero-order chi connectivity index (χ0) is 24.9. The van der Waals surface area contributed by atoms with Crippen LogP contribution in [0.25, 0.3) is 27.7 Å². The molecule has 0 saturated heterocycles. The smallest absolute Gasteiger partial charge is 0.358 e. The Bertz CT molecular complexity index is 1530. The standard InChI is InChI=1S/C29H24N4O3/c1-2-36-29(35)26-18-27(24-8-7-21-5-3-4-6-23(21)17-24)33(32-26)25-11-9-22(10-12-25)28(34)31-19-20-13-15-30-16-14-20/h3-18H,2,19H2,1H3,(H,31,34). The summed E-state index contributed by atoms with van der Waals surface area (Å²) in [5, 5.41) is 9.66. The van der Waals surface area contributed by atoms with E-state index in [1.54, 1.807) is 42.2 Å². The van der Waals surface area contributed by atoms with E-state index >= 15 is 0 Å². The summed E-state index contributed by atoms with van der Waals surface area (Å²) in [6, 6.07) is 26.8. The van der Waals surface area contributed by atoms with Gasteiger partial charge in [0, 0.05) is 30.1 Å². The number of carbonyl (C=O) groups is 2. The average Bonchev–Trinajstić information content (AvgIpc) is 3.38. The molecule has 0 bridgehead atoms. The molecule has 2 heterocycles. The van der Waals surface area contributed by atoms with Crippen molar-refractivity contribution in [1.82, 2.24) is 20.1 Å². The molecule has 0 aliphatic heterocycles. The molecule has 3 aromatic carbocycles. The van der Waals surface area contributed by atoms with Crippen LogP contribution in [0, 0.1) is 0 Å². The van der Waals surface area contributed by atoms with Gasteiger partial charge in [-0.1, -0.05) is 36.4 Å². The summed E-state index contributed by atoms with van der Waals surface area (Å²) >= 11 is 0. The predicted molar refractivity (Wildman–Crippen MR) is 138 cm³/mol. The Morgan fingerprint density at radius 2 is 1.64 bits per heavy atom. The maximum atomic E-state index is 12.6. The minimum atomic E-state index is -0.481. The second-order valence-corrected chi connectivity index (χ2v) is 8.19. The average molecular weight is 477 g/mol. The Labute approximate surface area is 208 Å². The van der Waals surface area contributed by atoms with Crippen molar-refractivity contribution in [2.24, 2.45) is 0 Å². The molecule has 5 aromatic rings. The summed E-state index contributed by atoms with van der Waals surface area (Å²) in [5.41, 5.74) is 4.10. The van der Waals surface area contributed by atoms with Gasteiger partial charge in [0.1, 0.15) is 0 Å². The molecule has 5 rings (SSSR count). The number of ether oxygens (including phenoxy) is 1. The minimum Gasteiger partial charge on any atom is -0.461 e. The number of carbonyl (C=O) groups excluding carboxylic acids is 2. The quantitative estimate of drug-likeness (QED) is 0.327. The molecule has 2 aromatic heterocycles. The van der Waals surface area contributed by atoms with E-state index in [1.807, 2.05) is 54.6 Å². The molecule has 0 unspecified atom stereocenters. The lowest BCUT2D eigenvalue weighted by Gasteiger charge is -2.10. The molecule has 7 nitrogen and oxygen atoms in total. The monoisotopic (exact) mass is 476 g/mol. The van der Waals surface area contributed by atoms with Crippen LogP contribution >= 0.6 is 0 Å².